The normalized spacial score (nSPS) is 12.6. The van der Waals surface area contributed by atoms with Gasteiger partial charge in [0, 0.05) is 6.54 Å². The molecule has 0 amide bonds. The number of nitrogens with two attached hydrogens (primary N) is 3. The third-order valence-electron chi connectivity index (χ3n) is 6.06. The van der Waals surface area contributed by atoms with Gasteiger partial charge < -0.3 is 21.9 Å². The van der Waals surface area contributed by atoms with Gasteiger partial charge in [0.25, 0.3) is 0 Å². The van der Waals surface area contributed by atoms with Gasteiger partial charge in [-0.2, -0.15) is 0 Å². The van der Waals surface area contributed by atoms with E-state index in [2.05, 4.69) is 18.8 Å². The number of carbonyl (C=O) groups is 1. The average Bonchev–Trinajstić information content (AvgIpc) is 2.77. The molecule has 0 aliphatic heterocycles. The quantitative estimate of drug-likeness (QED) is 0.0665. The van der Waals surface area contributed by atoms with Crippen molar-refractivity contribution >= 4 is 24.3 Å². The first-order valence-electron chi connectivity index (χ1n) is 13.5. The number of hydrogen-bond donors (Lipinski definition) is 3. The number of guanidine groups is 1. The van der Waals surface area contributed by atoms with Gasteiger partial charge in [0.1, 0.15) is 12.1 Å². The molecule has 7 heteroatoms. The zero-order valence-electron chi connectivity index (χ0n) is 21.7. The molecule has 0 radical (unpaired) electrons. The van der Waals surface area contributed by atoms with Crippen LogP contribution in [0.3, 0.4) is 0 Å². The van der Waals surface area contributed by atoms with E-state index in [9.17, 15) is 4.79 Å². The number of nitrogens with zero attached hydrogens (tertiary/aromatic N) is 1. The van der Waals surface area contributed by atoms with E-state index in [1.54, 1.807) is 0 Å². The Bertz CT molecular complexity index is 460. The van der Waals surface area contributed by atoms with Crippen LogP contribution in [0, 0.1) is 0 Å². The molecule has 0 saturated heterocycles. The van der Waals surface area contributed by atoms with Crippen LogP contribution in [0.5, 0.6) is 0 Å². The van der Waals surface area contributed by atoms with Crippen molar-refractivity contribution in [1.29, 1.82) is 0 Å². The lowest BCUT2D eigenvalue weighted by atomic mass is 10.0. The monoisotopic (exact) mass is 490 g/mol. The molecular weight excluding hydrogens is 436 g/mol. The first-order valence-corrected chi connectivity index (χ1v) is 13.5. The number of esters is 1. The van der Waals surface area contributed by atoms with Crippen LogP contribution in [0.25, 0.3) is 0 Å². The maximum Gasteiger partial charge on any atom is 0.323 e. The molecule has 0 aromatic heterocycles. The fourth-order valence-corrected chi connectivity index (χ4v) is 3.99. The number of ether oxygens (including phenoxy) is 1. The molecule has 0 spiro atoms. The molecule has 198 valence electrons. The molecule has 0 aromatic rings. The summed E-state index contributed by atoms with van der Waals surface area (Å²) >= 11 is 0. The number of rotatable bonds is 23. The molecule has 1 unspecified atom stereocenters. The number of halogens is 1. The molecule has 6 N–H and O–H groups in total. The van der Waals surface area contributed by atoms with E-state index < -0.39 is 6.04 Å². The topological polar surface area (TPSA) is 117 Å². The van der Waals surface area contributed by atoms with Gasteiger partial charge in [-0.25, -0.2) is 0 Å². The molecule has 0 fully saturated rings. The van der Waals surface area contributed by atoms with Crippen molar-refractivity contribution in [3.63, 3.8) is 0 Å². The predicted molar refractivity (Wildman–Crippen MR) is 145 cm³/mol. The minimum atomic E-state index is -0.598. The van der Waals surface area contributed by atoms with Crippen molar-refractivity contribution in [2.45, 2.75) is 148 Å². The van der Waals surface area contributed by atoms with Gasteiger partial charge in [0.15, 0.2) is 5.96 Å². The Morgan fingerprint density at radius 2 is 1.12 bits per heavy atom. The highest BCUT2D eigenvalue weighted by Gasteiger charge is 2.20. The second-order valence-corrected chi connectivity index (χ2v) is 9.29. The minimum Gasteiger partial charge on any atom is -0.461 e. The van der Waals surface area contributed by atoms with E-state index >= 15 is 0 Å². The molecule has 33 heavy (non-hydrogen) atoms. The van der Waals surface area contributed by atoms with Gasteiger partial charge in [0.2, 0.25) is 0 Å². The van der Waals surface area contributed by atoms with E-state index in [0.29, 0.717) is 19.4 Å². The molecule has 2 atom stereocenters. The Morgan fingerprint density at radius 1 is 0.697 bits per heavy atom. The van der Waals surface area contributed by atoms with Crippen molar-refractivity contribution in [3.8, 4) is 0 Å². The van der Waals surface area contributed by atoms with Crippen LogP contribution >= 0.6 is 12.4 Å². The second kappa shape index (κ2) is 25.6. The number of hydrogen-bond acceptors (Lipinski definition) is 4. The Balaban J connectivity index is 0. The number of aliphatic imine (C=N–C) groups is 1. The van der Waals surface area contributed by atoms with Crippen molar-refractivity contribution in [2.75, 3.05) is 6.54 Å². The molecule has 0 aromatic carbocycles. The minimum absolute atomic E-state index is 0. The van der Waals surface area contributed by atoms with Crippen LogP contribution in [-0.2, 0) is 9.53 Å². The molecular formula is C26H55ClN4O2. The maximum absolute atomic E-state index is 12.5. The third-order valence-corrected chi connectivity index (χ3v) is 6.06. The van der Waals surface area contributed by atoms with Crippen molar-refractivity contribution < 1.29 is 9.53 Å². The Labute approximate surface area is 210 Å². The largest absolute Gasteiger partial charge is 0.461 e. The summed E-state index contributed by atoms with van der Waals surface area (Å²) < 4.78 is 5.84. The lowest BCUT2D eigenvalue weighted by molar-refractivity contribution is -0.151. The molecule has 0 aliphatic rings. The Morgan fingerprint density at radius 3 is 1.55 bits per heavy atom. The van der Waals surface area contributed by atoms with Crippen molar-refractivity contribution in [1.82, 2.24) is 0 Å². The van der Waals surface area contributed by atoms with Crippen molar-refractivity contribution in [3.05, 3.63) is 0 Å². The first kappa shape index (κ1) is 34.2. The predicted octanol–water partition coefficient (Wildman–Crippen LogP) is 6.37. The molecule has 0 bridgehead atoms. The molecule has 0 rings (SSSR count). The third kappa shape index (κ3) is 23.9. The zero-order chi connectivity index (χ0) is 23.9. The first-order chi connectivity index (χ1) is 15.5. The van der Waals surface area contributed by atoms with Crippen LogP contribution in [0.15, 0.2) is 4.99 Å². The second-order valence-electron chi connectivity index (χ2n) is 9.29. The van der Waals surface area contributed by atoms with Crippen LogP contribution in [-0.4, -0.2) is 30.6 Å². The van der Waals surface area contributed by atoms with Crippen LogP contribution in [0.1, 0.15) is 136 Å². The van der Waals surface area contributed by atoms with Gasteiger partial charge in [-0.3, -0.25) is 9.79 Å². The SMILES string of the molecule is CCCCCCCCCCCC(CCCCCCCC)OC(=O)[C@@H](N)CCCN=C(N)N.Cl. The molecule has 0 aliphatic carbocycles. The fourth-order valence-electron chi connectivity index (χ4n) is 3.99. The summed E-state index contributed by atoms with van der Waals surface area (Å²) in [4.78, 5) is 16.4. The highest BCUT2D eigenvalue weighted by molar-refractivity contribution is 5.85. The van der Waals surface area contributed by atoms with Crippen LogP contribution in [0.2, 0.25) is 0 Å². The number of carbonyl (C=O) groups excluding carboxylic acids is 1. The van der Waals surface area contributed by atoms with Crippen LogP contribution < -0.4 is 17.2 Å². The highest BCUT2D eigenvalue weighted by atomic mass is 35.5. The Kier molecular flexibility index (Phi) is 26.5. The molecule has 6 nitrogen and oxygen atoms in total. The van der Waals surface area contributed by atoms with E-state index in [1.807, 2.05) is 0 Å². The van der Waals surface area contributed by atoms with E-state index in [-0.39, 0.29) is 30.4 Å². The lowest BCUT2D eigenvalue weighted by Gasteiger charge is -2.20. The van der Waals surface area contributed by atoms with Gasteiger partial charge in [0.05, 0.1) is 0 Å². The van der Waals surface area contributed by atoms with Gasteiger partial charge in [-0.1, -0.05) is 97.3 Å². The van der Waals surface area contributed by atoms with E-state index in [0.717, 1.165) is 25.7 Å². The highest BCUT2D eigenvalue weighted by Crippen LogP contribution is 2.18. The average molecular weight is 491 g/mol. The van der Waals surface area contributed by atoms with Crippen molar-refractivity contribution in [2.24, 2.45) is 22.2 Å². The van der Waals surface area contributed by atoms with Crippen LogP contribution in [0.4, 0.5) is 0 Å². The molecule has 0 heterocycles. The fraction of sp³-hybridized carbons (Fsp3) is 0.923. The summed E-state index contributed by atoms with van der Waals surface area (Å²) in [6.45, 7) is 4.98. The summed E-state index contributed by atoms with van der Waals surface area (Å²) in [5, 5.41) is 0. The maximum atomic E-state index is 12.5. The standard InChI is InChI=1S/C26H54N4O2.ClH/c1-3-5-7-9-11-12-13-15-17-20-23(19-16-14-10-8-6-4-2)32-25(31)24(27)21-18-22-30-26(28)29;/h23-24H,3-22,27H2,1-2H3,(H4,28,29,30);1H/t23?,24-;/m0./s1. The lowest BCUT2D eigenvalue weighted by Crippen LogP contribution is -2.35. The Hall–Kier alpha value is -1.01. The smallest absolute Gasteiger partial charge is 0.323 e. The van der Waals surface area contributed by atoms with Gasteiger partial charge in [-0.15, -0.1) is 12.4 Å². The summed E-state index contributed by atoms with van der Waals surface area (Å²) in [6.07, 6.45) is 22.3. The summed E-state index contributed by atoms with van der Waals surface area (Å²) in [6, 6.07) is -0.598. The summed E-state index contributed by atoms with van der Waals surface area (Å²) in [7, 11) is 0. The summed E-state index contributed by atoms with van der Waals surface area (Å²) in [5.74, 6) is -0.206. The van der Waals surface area contributed by atoms with E-state index in [1.165, 1.54) is 83.5 Å². The van der Waals surface area contributed by atoms with Gasteiger partial charge in [-0.05, 0) is 38.5 Å². The van der Waals surface area contributed by atoms with E-state index in [4.69, 9.17) is 21.9 Å². The summed E-state index contributed by atoms with van der Waals surface area (Å²) in [5.41, 5.74) is 16.7. The number of unbranched alkanes of at least 4 members (excludes halogenated alkanes) is 13. The molecule has 0 saturated carbocycles. The van der Waals surface area contributed by atoms with Gasteiger partial charge >= 0.3 is 5.97 Å². The zero-order valence-corrected chi connectivity index (χ0v) is 22.5.